The molecule has 0 amide bonds. The summed E-state index contributed by atoms with van der Waals surface area (Å²) in [5, 5.41) is 101. The van der Waals surface area contributed by atoms with Crippen molar-refractivity contribution in [3.05, 3.63) is 0 Å². The van der Waals surface area contributed by atoms with Crippen LogP contribution >= 0.6 is 0 Å². The molecule has 0 aromatic carbocycles. The molecule has 0 aliphatic heterocycles. The van der Waals surface area contributed by atoms with E-state index in [-0.39, 0.29) is 118 Å². The molecule has 0 heterocycles. The Bertz CT molecular complexity index is 1170. The Hall–Kier alpha value is -2.52. The van der Waals surface area contributed by atoms with E-state index in [1.54, 1.807) is 0 Å². The second-order valence-electron chi connectivity index (χ2n) is 10.8. The first-order valence-corrected chi connectivity index (χ1v) is 15.0. The molecule has 0 rings (SSSR count). The molecular formula is C28H48N4Na4O24. The second kappa shape index (κ2) is 40.5. The molecule has 0 aromatic heterocycles. The van der Waals surface area contributed by atoms with Crippen LogP contribution < -0.4 is 0 Å². The van der Waals surface area contributed by atoms with Gasteiger partial charge in [0.05, 0.1) is 52.4 Å². The summed E-state index contributed by atoms with van der Waals surface area (Å²) in [6.07, 6.45) is 0. The number of carboxylic acid groups (broad SMARTS) is 12. The third kappa shape index (κ3) is 43.6. The van der Waals surface area contributed by atoms with Crippen LogP contribution in [0.15, 0.2) is 0 Å². The summed E-state index contributed by atoms with van der Waals surface area (Å²) in [5.74, 6) is -15.1. The average Bonchev–Trinajstić information content (AvgIpc) is 3.00. The van der Waals surface area contributed by atoms with Gasteiger partial charge < -0.3 is 61.3 Å². The summed E-state index contributed by atoms with van der Waals surface area (Å²) in [5.41, 5.74) is 0. The Kier molecular flexibility index (Phi) is 50.6. The molecule has 4 atom stereocenters. The van der Waals surface area contributed by atoms with Gasteiger partial charge in [-0.25, -0.2) is 0 Å². The van der Waals surface area contributed by atoms with Crippen molar-refractivity contribution in [3.63, 3.8) is 0 Å². The van der Waals surface area contributed by atoms with E-state index in [0.29, 0.717) is 0 Å². The molecule has 0 aromatic rings. The summed E-state index contributed by atoms with van der Waals surface area (Å²) in [6, 6.07) is -4.55. The number of aliphatic carboxylic acids is 12. The van der Waals surface area contributed by atoms with Crippen LogP contribution in [-0.2, 0) is 57.5 Å². The van der Waals surface area contributed by atoms with Gasteiger partial charge in [0.15, 0.2) is 0 Å². The number of nitrogens with zero attached hydrogens (tertiary/aromatic N) is 4. The van der Waals surface area contributed by atoms with Crippen molar-refractivity contribution >= 4 is 190 Å². The van der Waals surface area contributed by atoms with E-state index in [2.05, 4.69) is 0 Å². The van der Waals surface area contributed by atoms with Crippen LogP contribution in [0, 0.1) is 0 Å². The number of rotatable bonds is 24. The van der Waals surface area contributed by atoms with Gasteiger partial charge >= 0.3 is 190 Å². The minimum absolute atomic E-state index is 0. The standard InChI is InChI=1S/4C7H11NO6.4Na.4H/c4*1-4(7(13)14)8(2-5(9)10)3-6(11)12;;;;;;;;/h4*4H,2-3H2,1H3,(H,9,10)(H,11,12)(H,13,14);;;;;;;;. The first-order valence-electron chi connectivity index (χ1n) is 15.0. The number of hydrogen-bond acceptors (Lipinski definition) is 16. The van der Waals surface area contributed by atoms with Gasteiger partial charge in [0.1, 0.15) is 24.2 Å². The van der Waals surface area contributed by atoms with E-state index in [9.17, 15) is 57.5 Å². The molecule has 328 valence electrons. The van der Waals surface area contributed by atoms with Crippen LogP contribution in [0.1, 0.15) is 27.7 Å². The zero-order valence-corrected chi connectivity index (χ0v) is 30.0. The molecule has 0 radical (unpaired) electrons. The Morgan fingerprint density at radius 2 is 0.350 bits per heavy atom. The van der Waals surface area contributed by atoms with Crippen molar-refractivity contribution in [1.82, 2.24) is 19.6 Å². The SMILES string of the molecule is CC(C(=O)O)N(CC(=O)O)CC(=O)O.CC(C(=O)O)N(CC(=O)O)CC(=O)O.CC(C(=O)O)N(CC(=O)O)CC(=O)O.CC(C(=O)O)N(CC(=O)O)CC(=O)O.[NaH].[NaH].[NaH].[NaH]. The molecule has 0 fully saturated rings. The first kappa shape index (κ1) is 74.9. The predicted octanol–water partition coefficient (Wildman–Crippen LogP) is -6.87. The molecule has 4 unspecified atom stereocenters. The summed E-state index contributed by atoms with van der Waals surface area (Å²) in [6.45, 7) is 0.0307. The number of carbonyl (C=O) groups is 12. The number of hydrogen-bond donors (Lipinski definition) is 12. The fourth-order valence-electron chi connectivity index (χ4n) is 3.33. The van der Waals surface area contributed by atoms with Crippen LogP contribution in [0.5, 0.6) is 0 Å². The normalized spacial score (nSPS) is 11.6. The second-order valence-corrected chi connectivity index (χ2v) is 10.8. The van der Waals surface area contributed by atoms with Gasteiger partial charge in [-0.3, -0.25) is 77.1 Å². The molecule has 0 saturated heterocycles. The average molecular weight is 917 g/mol. The first-order chi connectivity index (χ1) is 25.4. The molecular weight excluding hydrogens is 868 g/mol. The molecule has 60 heavy (non-hydrogen) atoms. The summed E-state index contributed by atoms with van der Waals surface area (Å²) >= 11 is 0. The molecule has 0 spiro atoms. The van der Waals surface area contributed by atoms with E-state index in [1.807, 2.05) is 0 Å². The van der Waals surface area contributed by atoms with E-state index in [4.69, 9.17) is 61.3 Å². The summed E-state index contributed by atoms with van der Waals surface area (Å²) < 4.78 is 0. The Balaban J connectivity index is -0.0000000980. The van der Waals surface area contributed by atoms with Gasteiger partial charge in [0.25, 0.3) is 0 Å². The van der Waals surface area contributed by atoms with Crippen LogP contribution in [0.2, 0.25) is 0 Å². The molecule has 12 N–H and O–H groups in total. The molecule has 0 aliphatic carbocycles. The van der Waals surface area contributed by atoms with E-state index >= 15 is 0 Å². The van der Waals surface area contributed by atoms with Crippen molar-refractivity contribution in [2.24, 2.45) is 0 Å². The van der Waals surface area contributed by atoms with Crippen molar-refractivity contribution < 1.29 is 119 Å². The fourth-order valence-corrected chi connectivity index (χ4v) is 3.33. The quantitative estimate of drug-likeness (QED) is 0.0400. The summed E-state index contributed by atoms with van der Waals surface area (Å²) in [7, 11) is 0. The van der Waals surface area contributed by atoms with Crippen molar-refractivity contribution in [1.29, 1.82) is 0 Å². The van der Waals surface area contributed by atoms with Crippen LogP contribution in [0.3, 0.4) is 0 Å². The summed E-state index contributed by atoms with van der Waals surface area (Å²) in [4.78, 5) is 128. The van der Waals surface area contributed by atoms with Crippen molar-refractivity contribution in [3.8, 4) is 0 Å². The Morgan fingerprint density at radius 1 is 0.267 bits per heavy atom. The van der Waals surface area contributed by atoms with Crippen LogP contribution in [0.25, 0.3) is 0 Å². The van der Waals surface area contributed by atoms with Gasteiger partial charge in [-0.05, 0) is 27.7 Å². The van der Waals surface area contributed by atoms with Gasteiger partial charge in [0.2, 0.25) is 0 Å². The van der Waals surface area contributed by atoms with Gasteiger partial charge in [-0.15, -0.1) is 0 Å². The van der Waals surface area contributed by atoms with E-state index in [1.165, 1.54) is 27.7 Å². The molecule has 0 aliphatic rings. The third-order valence-electron chi connectivity index (χ3n) is 6.33. The van der Waals surface area contributed by atoms with Gasteiger partial charge in [-0.1, -0.05) is 0 Å². The minimum atomic E-state index is -1.26. The Labute approximate surface area is 428 Å². The van der Waals surface area contributed by atoms with Crippen LogP contribution in [0.4, 0.5) is 0 Å². The fraction of sp³-hybridized carbons (Fsp3) is 0.571. The monoisotopic (exact) mass is 916 g/mol. The zero-order chi connectivity index (χ0) is 45.2. The molecule has 32 heteroatoms. The zero-order valence-electron chi connectivity index (χ0n) is 30.0. The maximum absolute atomic E-state index is 10.5. The topological polar surface area (TPSA) is 461 Å². The van der Waals surface area contributed by atoms with E-state index in [0.717, 1.165) is 19.6 Å². The third-order valence-corrected chi connectivity index (χ3v) is 6.33. The van der Waals surface area contributed by atoms with Crippen molar-refractivity contribution in [2.45, 2.75) is 51.9 Å². The van der Waals surface area contributed by atoms with E-state index < -0.39 is 148 Å². The Morgan fingerprint density at radius 3 is 0.400 bits per heavy atom. The van der Waals surface area contributed by atoms with Gasteiger partial charge in [-0.2, -0.15) is 0 Å². The van der Waals surface area contributed by atoms with Crippen LogP contribution in [-0.4, -0.2) is 347 Å². The molecule has 0 saturated carbocycles. The van der Waals surface area contributed by atoms with Gasteiger partial charge in [0, 0.05) is 0 Å². The molecule has 28 nitrogen and oxygen atoms in total. The predicted molar refractivity (Wildman–Crippen MR) is 204 cm³/mol. The van der Waals surface area contributed by atoms with Crippen molar-refractivity contribution in [2.75, 3.05) is 52.4 Å². The number of carboxylic acids is 12. The maximum atomic E-state index is 10.5. The molecule has 0 bridgehead atoms.